The van der Waals surface area contributed by atoms with Crippen LogP contribution in [0.4, 0.5) is 28.4 Å². The van der Waals surface area contributed by atoms with E-state index in [1.54, 1.807) is 24.3 Å². The molecule has 95 heavy (non-hydrogen) atoms. The van der Waals surface area contributed by atoms with E-state index >= 15 is 0 Å². The Morgan fingerprint density at radius 2 is 0.821 bits per heavy atom. The molecule has 539 valence electrons. The topological polar surface area (TPSA) is 222 Å². The van der Waals surface area contributed by atoms with Crippen molar-refractivity contribution in [1.29, 1.82) is 0 Å². The molecule has 0 aromatic heterocycles. The van der Waals surface area contributed by atoms with Crippen LogP contribution in [0.1, 0.15) is 108 Å². The van der Waals surface area contributed by atoms with Gasteiger partial charge in [0.05, 0.1) is 52.2 Å². The van der Waals surface area contributed by atoms with E-state index in [0.717, 1.165) is 135 Å². The van der Waals surface area contributed by atoms with Gasteiger partial charge in [-0.1, -0.05) is 157 Å². The second-order valence-corrected chi connectivity index (χ2v) is 30.2. The van der Waals surface area contributed by atoms with Crippen molar-refractivity contribution in [3.05, 3.63) is 148 Å². The molecule has 5 rings (SSSR count). The third-order valence-corrected chi connectivity index (χ3v) is 17.3. The molecule has 0 saturated heterocycles. The Balaban J connectivity index is 0. The van der Waals surface area contributed by atoms with Crippen LogP contribution in [0.5, 0.6) is 0 Å². The monoisotopic (exact) mass is 1820 g/mol. The summed E-state index contributed by atoms with van der Waals surface area (Å²) < 4.78 is 59.3. The van der Waals surface area contributed by atoms with Crippen molar-refractivity contribution in [2.75, 3.05) is 154 Å². The molecule has 0 unspecified atom stereocenters. The Morgan fingerprint density at radius 1 is 0.463 bits per heavy atom. The zero-order chi connectivity index (χ0) is 71.1. The molecular formula is C67H104Br5Cl3N7O10S2Y-. The quantitative estimate of drug-likeness (QED) is 0.00715. The molecule has 0 fully saturated rings. The number of nitrogens with one attached hydrogen (secondary N) is 1. The molecule has 0 atom stereocenters. The Bertz CT molecular complexity index is 3030. The van der Waals surface area contributed by atoms with E-state index in [2.05, 4.69) is 172 Å². The number of hydrogen-bond donors (Lipinski definition) is 6. The van der Waals surface area contributed by atoms with Crippen LogP contribution in [0.3, 0.4) is 0 Å². The summed E-state index contributed by atoms with van der Waals surface area (Å²) in [5.41, 5.74) is 15.2. The van der Waals surface area contributed by atoms with Gasteiger partial charge in [0.2, 0.25) is 0 Å². The van der Waals surface area contributed by atoms with E-state index in [0.29, 0.717) is 55.1 Å². The van der Waals surface area contributed by atoms with E-state index in [1.165, 1.54) is 42.6 Å². The van der Waals surface area contributed by atoms with E-state index in [-0.39, 0.29) is 72.4 Å². The SMILES string of the molecule is CCCN(CCCl)Cc1ccc(Br)cc1N(CCC)CCC.CCCN(CCOS(C)(=O)=O)c1cc(Br)ccc1COS(C)(=O)=O.ClCCNCCCl.Nc1cc(Br)ccc1CO.OCCN(CCO)c1cc(Br)ccc1CO.[CH2-]c1ccc(Br)cc1N(CCC)CCC.[Y]. The van der Waals surface area contributed by atoms with Crippen molar-refractivity contribution in [1.82, 2.24) is 10.2 Å². The summed E-state index contributed by atoms with van der Waals surface area (Å²) in [5, 5.41) is 38.9. The van der Waals surface area contributed by atoms with Gasteiger partial charge in [-0.15, -0.1) is 40.9 Å². The molecule has 5 aromatic rings. The number of nitrogen functional groups attached to an aromatic ring is 1. The molecule has 0 aliphatic heterocycles. The predicted octanol–water partition coefficient (Wildman–Crippen LogP) is 15.2. The fourth-order valence-corrected chi connectivity index (χ4v) is 12.1. The number of aliphatic hydroxyl groups is 4. The van der Waals surface area contributed by atoms with Crippen molar-refractivity contribution in [2.24, 2.45) is 0 Å². The summed E-state index contributed by atoms with van der Waals surface area (Å²) in [6, 6.07) is 29.3. The van der Waals surface area contributed by atoms with Crippen molar-refractivity contribution >= 4 is 163 Å². The maximum Gasteiger partial charge on any atom is 0.264 e. The standard InChI is InChI=1S/C18H30BrClN2.C14H22BrNO6S2.C13H19BrN.C11H16BrNO3.C7H8BrNO.C4H9Cl2N.Y/c1-4-10-21(13-9-20)15-16-7-8-17(19)14-18(16)22(11-5-2)12-6-3;1-4-7-16(8-9-21-23(2,17)18)14-10-13(15)6-5-12(14)11-22-24(3,19)20;1-4-8-15(9-5-2)13-10-12(14)7-6-11(13)3;12-10-2-1-9(8-16)11(7-10)13(3-5-14)4-6-15;8-6-2-1-5(4-10)7(9)3-6;5-1-3-7-4-2-6;/h7-8,14H,4-6,9-13,15H2,1-3H3;5-6,10H,4,7-9,11H2,1-3H3;6-7,10H,3-5,8-9H2,1-2H3;1-2,7,14-16H,3-6,8H2;1-3,10H,4,9H2;7H,1-4H2;/q;;-1;;;;. The first-order valence-electron chi connectivity index (χ1n) is 31.5. The van der Waals surface area contributed by atoms with Gasteiger partial charge in [0, 0.05) is 186 Å². The molecule has 0 saturated carbocycles. The first-order chi connectivity index (χ1) is 44.7. The van der Waals surface area contributed by atoms with Gasteiger partial charge in [-0.3, -0.25) is 13.3 Å². The van der Waals surface area contributed by atoms with Crippen molar-refractivity contribution in [2.45, 2.75) is 106 Å². The van der Waals surface area contributed by atoms with Crippen LogP contribution < -0.4 is 30.7 Å². The number of rotatable bonds is 37. The number of nitrogens with two attached hydrogens (primary N) is 1. The van der Waals surface area contributed by atoms with Crippen LogP contribution in [-0.2, 0) is 87.7 Å². The van der Waals surface area contributed by atoms with Crippen LogP contribution in [0.2, 0.25) is 0 Å². The fraction of sp³-hybridized carbons (Fsp3) is 0.537. The third-order valence-electron chi connectivity index (χ3n) is 13.2. The van der Waals surface area contributed by atoms with Crippen molar-refractivity contribution in [3.63, 3.8) is 0 Å². The molecule has 0 spiro atoms. The molecule has 28 heteroatoms. The Hall–Kier alpha value is -1.08. The Morgan fingerprint density at radius 3 is 1.22 bits per heavy atom. The zero-order valence-electron chi connectivity index (χ0n) is 56.6. The van der Waals surface area contributed by atoms with Gasteiger partial charge in [-0.25, -0.2) is 0 Å². The van der Waals surface area contributed by atoms with Gasteiger partial charge in [0.15, 0.2) is 0 Å². The number of aliphatic hydroxyl groups excluding tert-OH is 4. The summed E-state index contributed by atoms with van der Waals surface area (Å²) in [4.78, 5) is 11.2. The van der Waals surface area contributed by atoms with Crippen molar-refractivity contribution in [3.8, 4) is 0 Å². The molecule has 0 bridgehead atoms. The number of anilines is 5. The maximum absolute atomic E-state index is 11.2. The minimum atomic E-state index is -3.56. The van der Waals surface area contributed by atoms with Crippen LogP contribution in [0.25, 0.3) is 0 Å². The number of benzene rings is 5. The molecule has 5 aromatic carbocycles. The Kier molecular flexibility index (Phi) is 58.0. The number of nitrogens with zero attached hydrogens (tertiary/aromatic N) is 5. The van der Waals surface area contributed by atoms with Gasteiger partial charge < -0.3 is 51.1 Å². The molecule has 0 amide bonds. The van der Waals surface area contributed by atoms with Crippen LogP contribution >= 0.6 is 114 Å². The summed E-state index contributed by atoms with van der Waals surface area (Å²) in [7, 11) is -7.06. The maximum atomic E-state index is 11.2. The normalized spacial score (nSPS) is 10.8. The summed E-state index contributed by atoms with van der Waals surface area (Å²) >= 11 is 33.8. The van der Waals surface area contributed by atoms with Crippen LogP contribution in [0.15, 0.2) is 113 Å². The van der Waals surface area contributed by atoms with Gasteiger partial charge in [-0.2, -0.15) is 35.4 Å². The van der Waals surface area contributed by atoms with E-state index < -0.39 is 20.2 Å². The van der Waals surface area contributed by atoms with Gasteiger partial charge in [0.1, 0.15) is 0 Å². The van der Waals surface area contributed by atoms with Gasteiger partial charge in [-0.05, 0) is 104 Å². The van der Waals surface area contributed by atoms with E-state index in [4.69, 9.17) is 64.2 Å². The molecule has 1 radical (unpaired) electrons. The largest absolute Gasteiger partial charge is 0.423 e. The second kappa shape index (κ2) is 57.4. The first kappa shape index (κ1) is 96.0. The van der Waals surface area contributed by atoms with Crippen molar-refractivity contribution < 1.29 is 78.3 Å². The second-order valence-electron chi connectivity index (χ2n) is 21.2. The van der Waals surface area contributed by atoms with E-state index in [9.17, 15) is 21.9 Å². The minimum Gasteiger partial charge on any atom is -0.423 e. The third kappa shape index (κ3) is 44.1. The molecule has 0 aliphatic carbocycles. The first-order valence-corrected chi connectivity index (χ1v) is 40.7. The fourth-order valence-electron chi connectivity index (χ4n) is 9.10. The molecular weight excluding hydrogens is 1720 g/mol. The van der Waals surface area contributed by atoms with Gasteiger partial charge >= 0.3 is 0 Å². The molecule has 0 aliphatic rings. The summed E-state index contributed by atoms with van der Waals surface area (Å²) in [6.45, 7) is 28.2. The van der Waals surface area contributed by atoms with Crippen LogP contribution in [-0.4, -0.2) is 171 Å². The number of hydrogen-bond acceptors (Lipinski definition) is 17. The molecule has 0 heterocycles. The molecule has 7 N–H and O–H groups in total. The average Bonchev–Trinajstić information content (AvgIpc) is 0.881. The summed E-state index contributed by atoms with van der Waals surface area (Å²) in [6.07, 6.45) is 8.68. The smallest absolute Gasteiger partial charge is 0.264 e. The number of halogens is 8. The van der Waals surface area contributed by atoms with Gasteiger partial charge in [0.25, 0.3) is 20.2 Å². The van der Waals surface area contributed by atoms with Crippen LogP contribution in [0, 0.1) is 6.92 Å². The molecule has 17 nitrogen and oxygen atoms in total. The zero-order valence-corrected chi connectivity index (χ0v) is 71.3. The predicted molar refractivity (Wildman–Crippen MR) is 417 cm³/mol. The number of alkyl halides is 3. The summed E-state index contributed by atoms with van der Waals surface area (Å²) in [5.74, 6) is 2.02. The minimum absolute atomic E-state index is 0. The average molecular weight is 1830 g/mol. The Labute approximate surface area is 653 Å². The van der Waals surface area contributed by atoms with E-state index in [1.807, 2.05) is 53.1 Å².